The summed E-state index contributed by atoms with van der Waals surface area (Å²) in [6, 6.07) is 8.55. The SMILES string of the molecule is CNC(CC1CC1)c1ccccc1Cl. The Bertz CT molecular complexity index is 307. The Morgan fingerprint density at radius 2 is 2.14 bits per heavy atom. The minimum absolute atomic E-state index is 0.427. The minimum Gasteiger partial charge on any atom is -0.313 e. The highest BCUT2D eigenvalue weighted by molar-refractivity contribution is 6.31. The second-order valence-electron chi connectivity index (χ2n) is 4.04. The van der Waals surface area contributed by atoms with Gasteiger partial charge in [-0.2, -0.15) is 0 Å². The normalized spacial score (nSPS) is 18.1. The Morgan fingerprint density at radius 3 is 2.71 bits per heavy atom. The van der Waals surface area contributed by atoms with E-state index in [0.717, 1.165) is 10.9 Å². The molecule has 1 aliphatic carbocycles. The van der Waals surface area contributed by atoms with Crippen LogP contribution >= 0.6 is 11.6 Å². The smallest absolute Gasteiger partial charge is 0.0453 e. The Balaban J connectivity index is 2.12. The molecule has 0 aliphatic heterocycles. The lowest BCUT2D eigenvalue weighted by atomic mass is 10.0. The highest BCUT2D eigenvalue weighted by Gasteiger charge is 2.26. The van der Waals surface area contributed by atoms with Crippen molar-refractivity contribution in [3.05, 3.63) is 34.9 Å². The van der Waals surface area contributed by atoms with Gasteiger partial charge in [-0.05, 0) is 31.0 Å². The molecule has 0 spiro atoms. The van der Waals surface area contributed by atoms with Crippen LogP contribution in [0.3, 0.4) is 0 Å². The van der Waals surface area contributed by atoms with Crippen molar-refractivity contribution in [1.29, 1.82) is 0 Å². The molecule has 1 N–H and O–H groups in total. The van der Waals surface area contributed by atoms with E-state index in [4.69, 9.17) is 11.6 Å². The molecule has 1 aromatic carbocycles. The zero-order valence-electron chi connectivity index (χ0n) is 8.46. The van der Waals surface area contributed by atoms with E-state index in [1.807, 2.05) is 19.2 Å². The van der Waals surface area contributed by atoms with Crippen molar-refractivity contribution in [2.45, 2.75) is 25.3 Å². The molecule has 0 radical (unpaired) electrons. The second-order valence-corrected chi connectivity index (χ2v) is 4.45. The van der Waals surface area contributed by atoms with Gasteiger partial charge >= 0.3 is 0 Å². The molecule has 1 unspecified atom stereocenters. The summed E-state index contributed by atoms with van der Waals surface area (Å²) in [6.45, 7) is 0. The molecular formula is C12H16ClN. The number of benzene rings is 1. The highest BCUT2D eigenvalue weighted by atomic mass is 35.5. The van der Waals surface area contributed by atoms with Gasteiger partial charge in [0.15, 0.2) is 0 Å². The quantitative estimate of drug-likeness (QED) is 0.802. The van der Waals surface area contributed by atoms with Crippen molar-refractivity contribution < 1.29 is 0 Å². The zero-order chi connectivity index (χ0) is 9.97. The molecule has 2 rings (SSSR count). The predicted octanol–water partition coefficient (Wildman–Crippen LogP) is 3.40. The fourth-order valence-electron chi connectivity index (χ4n) is 1.84. The standard InChI is InChI=1S/C12H16ClN/c1-14-12(8-9-6-7-9)10-4-2-3-5-11(10)13/h2-5,9,12,14H,6-8H2,1H3. The maximum absolute atomic E-state index is 6.16. The highest BCUT2D eigenvalue weighted by Crippen LogP contribution is 2.38. The third-order valence-electron chi connectivity index (χ3n) is 2.90. The fourth-order valence-corrected chi connectivity index (χ4v) is 2.11. The largest absolute Gasteiger partial charge is 0.313 e. The molecule has 0 amide bonds. The Morgan fingerprint density at radius 1 is 1.43 bits per heavy atom. The van der Waals surface area contributed by atoms with Crippen LogP contribution in [0, 0.1) is 5.92 Å². The Kier molecular flexibility index (Phi) is 3.09. The Hall–Kier alpha value is -0.530. The van der Waals surface area contributed by atoms with Crippen molar-refractivity contribution >= 4 is 11.6 Å². The van der Waals surface area contributed by atoms with Crippen LogP contribution in [0.25, 0.3) is 0 Å². The fraction of sp³-hybridized carbons (Fsp3) is 0.500. The summed E-state index contributed by atoms with van der Waals surface area (Å²) in [5.74, 6) is 0.920. The van der Waals surface area contributed by atoms with Crippen molar-refractivity contribution in [2.75, 3.05) is 7.05 Å². The third kappa shape index (κ3) is 2.28. The van der Waals surface area contributed by atoms with Crippen molar-refractivity contribution in [3.63, 3.8) is 0 Å². The van der Waals surface area contributed by atoms with Crippen LogP contribution in [0.5, 0.6) is 0 Å². The van der Waals surface area contributed by atoms with Crippen LogP contribution in [0.1, 0.15) is 30.9 Å². The third-order valence-corrected chi connectivity index (χ3v) is 3.24. The lowest BCUT2D eigenvalue weighted by Gasteiger charge is -2.17. The van der Waals surface area contributed by atoms with E-state index in [0.29, 0.717) is 6.04 Å². The molecule has 1 fully saturated rings. The van der Waals surface area contributed by atoms with Gasteiger partial charge < -0.3 is 5.32 Å². The summed E-state index contributed by atoms with van der Waals surface area (Å²) in [5.41, 5.74) is 1.24. The van der Waals surface area contributed by atoms with Gasteiger partial charge in [0.2, 0.25) is 0 Å². The van der Waals surface area contributed by atoms with Gasteiger partial charge in [0.25, 0.3) is 0 Å². The summed E-state index contributed by atoms with van der Waals surface area (Å²) in [6.07, 6.45) is 4.01. The molecular weight excluding hydrogens is 194 g/mol. The van der Waals surface area contributed by atoms with Crippen LogP contribution < -0.4 is 5.32 Å². The van der Waals surface area contributed by atoms with Gasteiger partial charge in [0.05, 0.1) is 0 Å². The first-order chi connectivity index (χ1) is 6.81. The molecule has 2 heteroatoms. The summed E-state index contributed by atoms with van der Waals surface area (Å²) in [7, 11) is 2.01. The summed E-state index contributed by atoms with van der Waals surface area (Å²) < 4.78 is 0. The molecule has 0 saturated heterocycles. The molecule has 1 atom stereocenters. The van der Waals surface area contributed by atoms with E-state index in [2.05, 4.69) is 17.4 Å². The molecule has 0 bridgehead atoms. The van der Waals surface area contributed by atoms with Gasteiger partial charge in [0, 0.05) is 11.1 Å². The zero-order valence-corrected chi connectivity index (χ0v) is 9.22. The van der Waals surface area contributed by atoms with E-state index in [-0.39, 0.29) is 0 Å². The molecule has 1 aliphatic rings. The maximum Gasteiger partial charge on any atom is 0.0453 e. The van der Waals surface area contributed by atoms with Gasteiger partial charge in [-0.1, -0.05) is 42.6 Å². The molecule has 1 aromatic rings. The molecule has 0 aromatic heterocycles. The van der Waals surface area contributed by atoms with Crippen molar-refractivity contribution in [1.82, 2.24) is 5.32 Å². The number of hydrogen-bond donors (Lipinski definition) is 1. The molecule has 0 heterocycles. The van der Waals surface area contributed by atoms with E-state index in [1.54, 1.807) is 0 Å². The van der Waals surface area contributed by atoms with Crippen LogP contribution in [0.15, 0.2) is 24.3 Å². The second kappa shape index (κ2) is 4.33. The number of halogens is 1. The first kappa shape index (κ1) is 10.0. The van der Waals surface area contributed by atoms with E-state index >= 15 is 0 Å². The average molecular weight is 210 g/mol. The molecule has 14 heavy (non-hydrogen) atoms. The predicted molar refractivity (Wildman–Crippen MR) is 60.6 cm³/mol. The lowest BCUT2D eigenvalue weighted by Crippen LogP contribution is -2.17. The topological polar surface area (TPSA) is 12.0 Å². The maximum atomic E-state index is 6.16. The average Bonchev–Trinajstić information content (AvgIpc) is 2.99. The number of rotatable bonds is 4. The van der Waals surface area contributed by atoms with Gasteiger partial charge in [-0.25, -0.2) is 0 Å². The van der Waals surface area contributed by atoms with Crippen LogP contribution in [-0.2, 0) is 0 Å². The number of nitrogens with one attached hydrogen (secondary N) is 1. The van der Waals surface area contributed by atoms with E-state index < -0.39 is 0 Å². The van der Waals surface area contributed by atoms with E-state index in [1.165, 1.54) is 24.8 Å². The van der Waals surface area contributed by atoms with Crippen molar-refractivity contribution in [3.8, 4) is 0 Å². The van der Waals surface area contributed by atoms with Gasteiger partial charge in [0.1, 0.15) is 0 Å². The summed E-state index contributed by atoms with van der Waals surface area (Å²) in [4.78, 5) is 0. The lowest BCUT2D eigenvalue weighted by molar-refractivity contribution is 0.514. The van der Waals surface area contributed by atoms with Crippen molar-refractivity contribution in [2.24, 2.45) is 5.92 Å². The molecule has 76 valence electrons. The monoisotopic (exact) mass is 209 g/mol. The first-order valence-corrected chi connectivity index (χ1v) is 5.60. The number of hydrogen-bond acceptors (Lipinski definition) is 1. The molecule has 1 nitrogen and oxygen atoms in total. The minimum atomic E-state index is 0.427. The summed E-state index contributed by atoms with van der Waals surface area (Å²) in [5, 5.41) is 4.23. The molecule has 1 saturated carbocycles. The van der Waals surface area contributed by atoms with Gasteiger partial charge in [-0.3, -0.25) is 0 Å². The van der Waals surface area contributed by atoms with Gasteiger partial charge in [-0.15, -0.1) is 0 Å². The van der Waals surface area contributed by atoms with Crippen LogP contribution in [-0.4, -0.2) is 7.05 Å². The van der Waals surface area contributed by atoms with E-state index in [9.17, 15) is 0 Å². The Labute approximate surface area is 90.5 Å². The summed E-state index contributed by atoms with van der Waals surface area (Å²) >= 11 is 6.16. The van der Waals surface area contributed by atoms with Crippen LogP contribution in [0.4, 0.5) is 0 Å². The first-order valence-electron chi connectivity index (χ1n) is 5.23. The van der Waals surface area contributed by atoms with Crippen LogP contribution in [0.2, 0.25) is 5.02 Å².